The van der Waals surface area contributed by atoms with E-state index >= 15 is 0 Å². The molecule has 4 nitrogen and oxygen atoms in total. The predicted molar refractivity (Wildman–Crippen MR) is 78.3 cm³/mol. The molecule has 18 heavy (non-hydrogen) atoms. The van der Waals surface area contributed by atoms with Gasteiger partial charge in [0, 0.05) is 63.9 Å². The van der Waals surface area contributed by atoms with Crippen molar-refractivity contribution in [2.24, 2.45) is 0 Å². The van der Waals surface area contributed by atoms with E-state index in [1.54, 1.807) is 0 Å². The molecule has 0 saturated carbocycles. The first-order chi connectivity index (χ1) is 8.86. The van der Waals surface area contributed by atoms with Gasteiger partial charge in [0.15, 0.2) is 6.29 Å². The zero-order valence-electron chi connectivity index (χ0n) is 11.8. The summed E-state index contributed by atoms with van der Waals surface area (Å²) in [6.45, 7) is 11.1. The van der Waals surface area contributed by atoms with Crippen LogP contribution in [0.1, 0.15) is 20.3 Å². The van der Waals surface area contributed by atoms with Crippen molar-refractivity contribution in [1.29, 1.82) is 0 Å². The van der Waals surface area contributed by atoms with Crippen LogP contribution < -0.4 is 5.32 Å². The number of hydrogen-bond donors (Lipinski definition) is 1. The molecule has 0 aromatic rings. The number of hydrogen-bond acceptors (Lipinski definition) is 5. The lowest BCUT2D eigenvalue weighted by Crippen LogP contribution is -2.38. The van der Waals surface area contributed by atoms with Crippen LogP contribution in [0, 0.1) is 0 Å². The van der Waals surface area contributed by atoms with Gasteiger partial charge >= 0.3 is 0 Å². The van der Waals surface area contributed by atoms with Crippen LogP contribution in [0.5, 0.6) is 0 Å². The first-order valence-electron chi connectivity index (χ1n) is 7.10. The molecule has 108 valence electrons. The third-order valence-electron chi connectivity index (χ3n) is 2.97. The van der Waals surface area contributed by atoms with E-state index in [2.05, 4.69) is 22.0 Å². The summed E-state index contributed by atoms with van der Waals surface area (Å²) in [6, 6.07) is 0. The molecule has 1 aliphatic heterocycles. The van der Waals surface area contributed by atoms with Gasteiger partial charge in [-0.1, -0.05) is 0 Å². The average Bonchev–Trinajstić information content (AvgIpc) is 2.40. The number of thioether (sulfide) groups is 1. The highest BCUT2D eigenvalue weighted by atomic mass is 32.2. The van der Waals surface area contributed by atoms with Crippen LogP contribution in [0.4, 0.5) is 0 Å². The summed E-state index contributed by atoms with van der Waals surface area (Å²) in [6.07, 6.45) is 0.885. The summed E-state index contributed by atoms with van der Waals surface area (Å²) < 4.78 is 11.0. The van der Waals surface area contributed by atoms with Crippen LogP contribution in [-0.2, 0) is 9.47 Å². The summed E-state index contributed by atoms with van der Waals surface area (Å²) in [7, 11) is 0. The topological polar surface area (TPSA) is 33.7 Å². The van der Waals surface area contributed by atoms with Gasteiger partial charge in [0.2, 0.25) is 0 Å². The molecule has 0 aromatic carbocycles. The minimum absolute atomic E-state index is 0.0427. The maximum Gasteiger partial charge on any atom is 0.158 e. The number of rotatable bonds is 10. The molecular weight excluding hydrogens is 248 g/mol. The van der Waals surface area contributed by atoms with Gasteiger partial charge in [-0.3, -0.25) is 0 Å². The van der Waals surface area contributed by atoms with Crippen LogP contribution in [-0.4, -0.2) is 68.6 Å². The standard InChI is InChI=1S/C13H28N2O2S/c1-3-16-13(17-4-2)5-6-14-7-8-15-9-11-18-12-10-15/h13-14H,3-12H2,1-2H3. The molecule has 1 heterocycles. The number of nitrogens with zero attached hydrogens (tertiary/aromatic N) is 1. The fourth-order valence-corrected chi connectivity index (χ4v) is 2.97. The third kappa shape index (κ3) is 7.59. The van der Waals surface area contributed by atoms with Gasteiger partial charge in [0.1, 0.15) is 0 Å². The second-order valence-electron chi connectivity index (χ2n) is 4.33. The van der Waals surface area contributed by atoms with Crippen molar-refractivity contribution in [3.8, 4) is 0 Å². The molecule has 1 saturated heterocycles. The van der Waals surface area contributed by atoms with Crippen molar-refractivity contribution in [2.45, 2.75) is 26.6 Å². The Morgan fingerprint density at radius 2 is 1.78 bits per heavy atom. The van der Waals surface area contributed by atoms with Crippen molar-refractivity contribution < 1.29 is 9.47 Å². The summed E-state index contributed by atoms with van der Waals surface area (Å²) in [5.41, 5.74) is 0. The molecule has 0 spiro atoms. The fraction of sp³-hybridized carbons (Fsp3) is 1.00. The Morgan fingerprint density at radius 3 is 2.39 bits per heavy atom. The van der Waals surface area contributed by atoms with Crippen LogP contribution in [0.3, 0.4) is 0 Å². The molecular formula is C13H28N2O2S. The lowest BCUT2D eigenvalue weighted by molar-refractivity contribution is -0.138. The largest absolute Gasteiger partial charge is 0.353 e. The Bertz CT molecular complexity index is 184. The summed E-state index contributed by atoms with van der Waals surface area (Å²) in [5.74, 6) is 2.58. The Kier molecular flexibility index (Phi) is 9.98. The SMILES string of the molecule is CCOC(CCNCCN1CCSCC1)OCC. The van der Waals surface area contributed by atoms with Crippen LogP contribution in [0.25, 0.3) is 0 Å². The molecule has 0 aromatic heterocycles. The van der Waals surface area contributed by atoms with Crippen LogP contribution in [0.2, 0.25) is 0 Å². The highest BCUT2D eigenvalue weighted by Crippen LogP contribution is 2.07. The lowest BCUT2D eigenvalue weighted by Gasteiger charge is -2.26. The maximum absolute atomic E-state index is 5.50. The van der Waals surface area contributed by atoms with E-state index in [0.717, 1.165) is 39.3 Å². The van der Waals surface area contributed by atoms with Gasteiger partial charge in [-0.2, -0.15) is 11.8 Å². The summed E-state index contributed by atoms with van der Waals surface area (Å²) in [4.78, 5) is 2.53. The minimum atomic E-state index is -0.0427. The van der Waals surface area contributed by atoms with E-state index in [-0.39, 0.29) is 6.29 Å². The Hall–Kier alpha value is 0.190. The fourth-order valence-electron chi connectivity index (χ4n) is 1.99. The Morgan fingerprint density at radius 1 is 1.11 bits per heavy atom. The molecule has 0 unspecified atom stereocenters. The second kappa shape index (κ2) is 11.1. The van der Waals surface area contributed by atoms with E-state index in [1.165, 1.54) is 24.6 Å². The molecule has 1 aliphatic rings. The van der Waals surface area contributed by atoms with Crippen molar-refractivity contribution >= 4 is 11.8 Å². The highest BCUT2D eigenvalue weighted by Gasteiger charge is 2.10. The number of ether oxygens (including phenoxy) is 2. The normalized spacial score (nSPS) is 17.5. The van der Waals surface area contributed by atoms with Crippen molar-refractivity contribution in [2.75, 3.05) is 57.4 Å². The van der Waals surface area contributed by atoms with Gasteiger partial charge in [-0.15, -0.1) is 0 Å². The van der Waals surface area contributed by atoms with Crippen LogP contribution >= 0.6 is 11.8 Å². The van der Waals surface area contributed by atoms with E-state index in [0.29, 0.717) is 0 Å². The van der Waals surface area contributed by atoms with Crippen molar-refractivity contribution in [3.63, 3.8) is 0 Å². The third-order valence-corrected chi connectivity index (χ3v) is 3.91. The van der Waals surface area contributed by atoms with Gasteiger partial charge in [-0.05, 0) is 13.8 Å². The van der Waals surface area contributed by atoms with Gasteiger partial charge in [-0.25, -0.2) is 0 Å². The predicted octanol–water partition coefficient (Wildman–Crippen LogP) is 1.41. The van der Waals surface area contributed by atoms with E-state index in [4.69, 9.17) is 9.47 Å². The van der Waals surface area contributed by atoms with E-state index in [1.807, 2.05) is 13.8 Å². The molecule has 1 fully saturated rings. The van der Waals surface area contributed by atoms with Crippen molar-refractivity contribution in [3.05, 3.63) is 0 Å². The minimum Gasteiger partial charge on any atom is -0.353 e. The molecule has 0 bridgehead atoms. The molecule has 5 heteroatoms. The molecule has 0 aliphatic carbocycles. The Balaban J connectivity index is 1.95. The van der Waals surface area contributed by atoms with Crippen LogP contribution in [0.15, 0.2) is 0 Å². The Labute approximate surface area is 116 Å². The van der Waals surface area contributed by atoms with Gasteiger partial charge < -0.3 is 19.7 Å². The smallest absolute Gasteiger partial charge is 0.158 e. The number of nitrogens with one attached hydrogen (secondary N) is 1. The lowest BCUT2D eigenvalue weighted by atomic mass is 10.4. The maximum atomic E-state index is 5.50. The molecule has 1 N–H and O–H groups in total. The quantitative estimate of drug-likeness (QED) is 0.482. The zero-order valence-corrected chi connectivity index (χ0v) is 12.6. The highest BCUT2D eigenvalue weighted by molar-refractivity contribution is 7.99. The first-order valence-corrected chi connectivity index (χ1v) is 8.26. The zero-order chi connectivity index (χ0) is 13.1. The monoisotopic (exact) mass is 276 g/mol. The second-order valence-corrected chi connectivity index (χ2v) is 5.56. The van der Waals surface area contributed by atoms with Gasteiger partial charge in [0.25, 0.3) is 0 Å². The molecule has 1 rings (SSSR count). The van der Waals surface area contributed by atoms with E-state index < -0.39 is 0 Å². The van der Waals surface area contributed by atoms with E-state index in [9.17, 15) is 0 Å². The first kappa shape index (κ1) is 16.2. The van der Waals surface area contributed by atoms with Crippen molar-refractivity contribution in [1.82, 2.24) is 10.2 Å². The molecule has 0 amide bonds. The molecule has 0 radical (unpaired) electrons. The summed E-state index contributed by atoms with van der Waals surface area (Å²) in [5, 5.41) is 3.47. The molecule has 0 atom stereocenters. The van der Waals surface area contributed by atoms with Gasteiger partial charge in [0.05, 0.1) is 0 Å². The summed E-state index contributed by atoms with van der Waals surface area (Å²) >= 11 is 2.06. The average molecular weight is 276 g/mol.